The minimum Gasteiger partial charge on any atom is -0.496 e. The van der Waals surface area contributed by atoms with E-state index in [4.69, 9.17) is 4.74 Å². The van der Waals surface area contributed by atoms with Crippen LogP contribution in [0.4, 0.5) is 0 Å². The van der Waals surface area contributed by atoms with Crippen molar-refractivity contribution in [1.29, 1.82) is 0 Å². The minimum atomic E-state index is -0.547. The minimum absolute atomic E-state index is 0.494. The maximum absolute atomic E-state index is 10.4. The van der Waals surface area contributed by atoms with Crippen molar-refractivity contribution in [3.8, 4) is 5.75 Å². The fraction of sp³-hybridized carbons (Fsp3) is 0.389. The second kappa shape index (κ2) is 6.72. The van der Waals surface area contributed by atoms with Crippen molar-refractivity contribution in [2.75, 3.05) is 7.11 Å². The normalized spacial score (nSPS) is 12.2. The first-order valence-corrected chi connectivity index (χ1v) is 7.32. The Hall–Kier alpha value is -1.87. The van der Waals surface area contributed by atoms with E-state index in [1.807, 2.05) is 26.0 Å². The summed E-state index contributed by atoms with van der Waals surface area (Å²) >= 11 is 0. The number of nitrogens with zero attached hydrogens (tertiary/aromatic N) is 1. The van der Waals surface area contributed by atoms with Gasteiger partial charge in [0.2, 0.25) is 0 Å². The van der Waals surface area contributed by atoms with Gasteiger partial charge in [0.25, 0.3) is 0 Å². The largest absolute Gasteiger partial charge is 0.496 e. The van der Waals surface area contributed by atoms with E-state index in [9.17, 15) is 5.11 Å². The summed E-state index contributed by atoms with van der Waals surface area (Å²) in [7, 11) is 1.67. The molecule has 2 aromatic rings. The van der Waals surface area contributed by atoms with Gasteiger partial charge < -0.3 is 9.84 Å². The molecule has 0 aliphatic heterocycles. The van der Waals surface area contributed by atoms with Crippen LogP contribution in [0.3, 0.4) is 0 Å². The summed E-state index contributed by atoms with van der Waals surface area (Å²) in [6, 6.07) is 8.11. The first kappa shape index (κ1) is 15.5. The number of aliphatic hydroxyl groups is 1. The average molecular weight is 285 g/mol. The van der Waals surface area contributed by atoms with Crippen LogP contribution in [-0.2, 0) is 12.8 Å². The van der Waals surface area contributed by atoms with Crippen LogP contribution in [0, 0.1) is 13.8 Å². The van der Waals surface area contributed by atoms with Gasteiger partial charge in [-0.05, 0) is 31.4 Å². The molecule has 0 aliphatic rings. The van der Waals surface area contributed by atoms with Crippen LogP contribution >= 0.6 is 0 Å². The third-order valence-corrected chi connectivity index (χ3v) is 3.91. The monoisotopic (exact) mass is 285 g/mol. The molecular formula is C18H23NO2. The Balaban J connectivity index is 2.20. The van der Waals surface area contributed by atoms with Crippen LogP contribution < -0.4 is 4.74 Å². The van der Waals surface area contributed by atoms with E-state index in [-0.39, 0.29) is 0 Å². The van der Waals surface area contributed by atoms with Gasteiger partial charge in [0.15, 0.2) is 0 Å². The first-order chi connectivity index (χ1) is 10.1. The third kappa shape index (κ3) is 3.42. The van der Waals surface area contributed by atoms with Gasteiger partial charge in [-0.15, -0.1) is 0 Å². The summed E-state index contributed by atoms with van der Waals surface area (Å²) < 4.78 is 5.41. The summed E-state index contributed by atoms with van der Waals surface area (Å²) in [5.41, 5.74) is 5.09. The molecule has 0 amide bonds. The molecule has 2 rings (SSSR count). The molecule has 0 bridgehead atoms. The maximum Gasteiger partial charge on any atom is 0.128 e. The molecule has 112 valence electrons. The molecule has 1 aromatic carbocycles. The van der Waals surface area contributed by atoms with Gasteiger partial charge in [-0.25, -0.2) is 0 Å². The number of pyridine rings is 1. The number of hydrogen-bond acceptors (Lipinski definition) is 3. The molecule has 1 aromatic heterocycles. The number of aromatic nitrogens is 1. The Bertz CT molecular complexity index is 605. The zero-order chi connectivity index (χ0) is 15.4. The van der Waals surface area contributed by atoms with E-state index in [1.54, 1.807) is 13.3 Å². The number of methoxy groups -OCH3 is 1. The average Bonchev–Trinajstić information content (AvgIpc) is 2.50. The summed E-state index contributed by atoms with van der Waals surface area (Å²) in [5, 5.41) is 10.4. The molecule has 0 aliphatic carbocycles. The van der Waals surface area contributed by atoms with Gasteiger partial charge in [-0.2, -0.15) is 0 Å². The lowest BCUT2D eigenvalue weighted by atomic mass is 9.99. The highest BCUT2D eigenvalue weighted by atomic mass is 16.5. The molecule has 3 nitrogen and oxygen atoms in total. The number of aliphatic hydroxyl groups excluding tert-OH is 1. The summed E-state index contributed by atoms with van der Waals surface area (Å²) in [6.45, 7) is 6.08. The highest BCUT2D eigenvalue weighted by Crippen LogP contribution is 2.27. The Morgan fingerprint density at radius 2 is 1.86 bits per heavy atom. The van der Waals surface area contributed by atoms with E-state index in [0.29, 0.717) is 6.42 Å². The van der Waals surface area contributed by atoms with Gasteiger partial charge in [0.1, 0.15) is 5.75 Å². The smallest absolute Gasteiger partial charge is 0.128 e. The topological polar surface area (TPSA) is 42.4 Å². The standard InChI is InChI=1S/C18H23NO2/c1-5-14-6-8-15(9-7-14)17(20)10-16-13(3)18(21-4)12(2)11-19-16/h6-9,11,17,20H,5,10H2,1-4H3. The Labute approximate surface area is 126 Å². The van der Waals surface area contributed by atoms with Gasteiger partial charge in [-0.1, -0.05) is 31.2 Å². The van der Waals surface area contributed by atoms with Crippen LogP contribution in [0.2, 0.25) is 0 Å². The van der Waals surface area contributed by atoms with E-state index in [2.05, 4.69) is 24.0 Å². The van der Waals surface area contributed by atoms with Gasteiger partial charge in [0.05, 0.1) is 13.2 Å². The molecule has 3 heteroatoms. The number of rotatable bonds is 5. The molecule has 0 saturated carbocycles. The van der Waals surface area contributed by atoms with E-state index >= 15 is 0 Å². The van der Waals surface area contributed by atoms with Crippen LogP contribution in [0.25, 0.3) is 0 Å². The number of aryl methyl sites for hydroxylation is 2. The molecular weight excluding hydrogens is 262 g/mol. The number of ether oxygens (including phenoxy) is 1. The van der Waals surface area contributed by atoms with Crippen molar-refractivity contribution in [2.24, 2.45) is 0 Å². The second-order valence-corrected chi connectivity index (χ2v) is 5.36. The van der Waals surface area contributed by atoms with Crippen molar-refractivity contribution >= 4 is 0 Å². The zero-order valence-corrected chi connectivity index (χ0v) is 13.2. The SMILES string of the molecule is CCc1ccc(C(O)Cc2ncc(C)c(OC)c2C)cc1. The lowest BCUT2D eigenvalue weighted by Gasteiger charge is -2.15. The van der Waals surface area contributed by atoms with E-state index < -0.39 is 6.10 Å². The van der Waals surface area contributed by atoms with Crippen molar-refractivity contribution in [2.45, 2.75) is 39.7 Å². The molecule has 1 unspecified atom stereocenters. The quantitative estimate of drug-likeness (QED) is 0.913. The van der Waals surface area contributed by atoms with E-state index in [1.165, 1.54) is 5.56 Å². The van der Waals surface area contributed by atoms with Gasteiger partial charge >= 0.3 is 0 Å². The summed E-state index contributed by atoms with van der Waals surface area (Å²) in [6.07, 6.45) is 2.75. The second-order valence-electron chi connectivity index (χ2n) is 5.36. The summed E-state index contributed by atoms with van der Waals surface area (Å²) in [5.74, 6) is 0.855. The predicted molar refractivity (Wildman–Crippen MR) is 84.7 cm³/mol. The van der Waals surface area contributed by atoms with Crippen molar-refractivity contribution in [1.82, 2.24) is 4.98 Å². The summed E-state index contributed by atoms with van der Waals surface area (Å²) in [4.78, 5) is 4.45. The van der Waals surface area contributed by atoms with Crippen LogP contribution in [0.5, 0.6) is 5.75 Å². The molecule has 1 N–H and O–H groups in total. The fourth-order valence-corrected chi connectivity index (χ4v) is 2.55. The molecule has 0 spiro atoms. The van der Waals surface area contributed by atoms with Crippen molar-refractivity contribution in [3.63, 3.8) is 0 Å². The Morgan fingerprint density at radius 1 is 1.19 bits per heavy atom. The van der Waals surface area contributed by atoms with E-state index in [0.717, 1.165) is 34.6 Å². The molecule has 21 heavy (non-hydrogen) atoms. The highest BCUT2D eigenvalue weighted by Gasteiger charge is 2.14. The third-order valence-electron chi connectivity index (χ3n) is 3.91. The molecule has 0 fully saturated rings. The fourth-order valence-electron chi connectivity index (χ4n) is 2.55. The van der Waals surface area contributed by atoms with Crippen LogP contribution in [0.1, 0.15) is 41.0 Å². The molecule has 1 atom stereocenters. The number of benzene rings is 1. The molecule has 1 heterocycles. The molecule has 0 radical (unpaired) electrons. The van der Waals surface area contributed by atoms with Gasteiger partial charge in [-0.3, -0.25) is 4.98 Å². The van der Waals surface area contributed by atoms with Crippen molar-refractivity contribution < 1.29 is 9.84 Å². The molecule has 0 saturated heterocycles. The number of hydrogen-bond donors (Lipinski definition) is 1. The Kier molecular flexibility index (Phi) is 4.97. The van der Waals surface area contributed by atoms with Gasteiger partial charge in [0, 0.05) is 29.4 Å². The van der Waals surface area contributed by atoms with Crippen LogP contribution in [0.15, 0.2) is 30.5 Å². The predicted octanol–water partition coefficient (Wildman–Crippen LogP) is 3.55. The van der Waals surface area contributed by atoms with Crippen LogP contribution in [-0.4, -0.2) is 17.2 Å². The lowest BCUT2D eigenvalue weighted by Crippen LogP contribution is -2.07. The Morgan fingerprint density at radius 3 is 2.43 bits per heavy atom. The highest BCUT2D eigenvalue weighted by molar-refractivity contribution is 5.41. The lowest BCUT2D eigenvalue weighted by molar-refractivity contribution is 0.177. The maximum atomic E-state index is 10.4. The first-order valence-electron chi connectivity index (χ1n) is 7.32. The van der Waals surface area contributed by atoms with Crippen molar-refractivity contribution in [3.05, 3.63) is 58.4 Å². The zero-order valence-electron chi connectivity index (χ0n) is 13.2.